The van der Waals surface area contributed by atoms with Crippen LogP contribution in [0.15, 0.2) is 54.6 Å². The molecule has 0 bridgehead atoms. The lowest BCUT2D eigenvalue weighted by molar-refractivity contribution is -0.152. The Morgan fingerprint density at radius 1 is 1.03 bits per heavy atom. The Hall–Kier alpha value is -3.68. The Balaban J connectivity index is 1.50. The maximum absolute atomic E-state index is 12.4. The second kappa shape index (κ2) is 10.8. The molecule has 0 saturated carbocycles. The van der Waals surface area contributed by atoms with E-state index in [2.05, 4.69) is 5.32 Å². The molecule has 1 aliphatic heterocycles. The zero-order valence-corrected chi connectivity index (χ0v) is 18.9. The highest BCUT2D eigenvalue weighted by molar-refractivity contribution is 6.00. The largest absolute Gasteiger partial charge is 0.459 e. The molecule has 2 amide bonds. The van der Waals surface area contributed by atoms with Gasteiger partial charge in [0.15, 0.2) is 6.61 Å². The molecular weight excluding hydrogens is 424 g/mol. The van der Waals surface area contributed by atoms with Crippen molar-refractivity contribution in [2.45, 2.75) is 39.3 Å². The zero-order chi connectivity index (χ0) is 24.0. The van der Waals surface area contributed by atoms with Gasteiger partial charge < -0.3 is 19.7 Å². The van der Waals surface area contributed by atoms with Gasteiger partial charge in [-0.1, -0.05) is 30.3 Å². The summed E-state index contributed by atoms with van der Waals surface area (Å²) in [7, 11) is 0. The zero-order valence-electron chi connectivity index (χ0n) is 18.9. The molecule has 1 heterocycles. The van der Waals surface area contributed by atoms with E-state index < -0.39 is 30.4 Å². The minimum absolute atomic E-state index is 0.00197. The lowest BCUT2D eigenvalue weighted by Crippen LogP contribution is -2.32. The van der Waals surface area contributed by atoms with Crippen LogP contribution in [0.2, 0.25) is 0 Å². The van der Waals surface area contributed by atoms with Gasteiger partial charge in [0.2, 0.25) is 5.91 Å². The summed E-state index contributed by atoms with van der Waals surface area (Å²) in [4.78, 5) is 50.5. The van der Waals surface area contributed by atoms with Crippen LogP contribution < -0.4 is 10.2 Å². The molecule has 0 unspecified atom stereocenters. The lowest BCUT2D eigenvalue weighted by Gasteiger charge is -2.17. The molecule has 0 spiro atoms. The third-order valence-electron chi connectivity index (χ3n) is 5.24. The predicted molar refractivity (Wildman–Crippen MR) is 121 cm³/mol. The van der Waals surface area contributed by atoms with Crippen LogP contribution in [-0.2, 0) is 23.9 Å². The number of esters is 2. The number of hydrogen-bond acceptors (Lipinski definition) is 6. The average Bonchev–Trinajstić information content (AvgIpc) is 3.19. The molecular formula is C25H28N2O6. The number of anilines is 1. The van der Waals surface area contributed by atoms with Gasteiger partial charge in [-0.25, -0.2) is 4.79 Å². The predicted octanol–water partition coefficient (Wildman–Crippen LogP) is 3.03. The number of carbonyl (C=O) groups excluding carboxylic acids is 4. The summed E-state index contributed by atoms with van der Waals surface area (Å²) < 4.78 is 10.3. The van der Waals surface area contributed by atoms with E-state index in [-0.39, 0.29) is 31.0 Å². The SMILES string of the molecule is CC(C)OC(=O)c1ccc(N2C[C@H](C(=O)OCC(=O)N[C@H](C)c3ccccc3)CC2=O)cc1. The van der Waals surface area contributed by atoms with Gasteiger partial charge in [0.25, 0.3) is 5.91 Å². The average molecular weight is 453 g/mol. The fourth-order valence-electron chi connectivity index (χ4n) is 3.54. The van der Waals surface area contributed by atoms with Crippen LogP contribution in [0.3, 0.4) is 0 Å². The van der Waals surface area contributed by atoms with E-state index in [0.29, 0.717) is 11.3 Å². The van der Waals surface area contributed by atoms with E-state index in [1.165, 1.54) is 4.90 Å². The van der Waals surface area contributed by atoms with Crippen molar-refractivity contribution < 1.29 is 28.7 Å². The van der Waals surface area contributed by atoms with Crippen molar-refractivity contribution in [1.82, 2.24) is 5.32 Å². The number of rotatable bonds is 8. The van der Waals surface area contributed by atoms with Gasteiger partial charge in [-0.3, -0.25) is 14.4 Å². The van der Waals surface area contributed by atoms with Crippen molar-refractivity contribution in [3.63, 3.8) is 0 Å². The van der Waals surface area contributed by atoms with Crippen LogP contribution in [0.5, 0.6) is 0 Å². The van der Waals surface area contributed by atoms with E-state index in [9.17, 15) is 19.2 Å². The minimum Gasteiger partial charge on any atom is -0.459 e. The topological polar surface area (TPSA) is 102 Å². The van der Waals surface area contributed by atoms with Crippen LogP contribution in [0, 0.1) is 5.92 Å². The quantitative estimate of drug-likeness (QED) is 0.618. The fraction of sp³-hybridized carbons (Fsp3) is 0.360. The number of nitrogens with zero attached hydrogens (tertiary/aromatic N) is 1. The molecule has 1 aliphatic rings. The monoisotopic (exact) mass is 452 g/mol. The maximum atomic E-state index is 12.4. The van der Waals surface area contributed by atoms with Gasteiger partial charge in [-0.05, 0) is 50.6 Å². The van der Waals surface area contributed by atoms with E-state index in [1.807, 2.05) is 37.3 Å². The molecule has 1 N–H and O–H groups in total. The van der Waals surface area contributed by atoms with Gasteiger partial charge in [-0.15, -0.1) is 0 Å². The molecule has 1 fully saturated rings. The molecule has 2 aromatic carbocycles. The van der Waals surface area contributed by atoms with E-state index in [1.54, 1.807) is 38.1 Å². The molecule has 33 heavy (non-hydrogen) atoms. The van der Waals surface area contributed by atoms with Crippen molar-refractivity contribution in [2.24, 2.45) is 5.92 Å². The number of nitrogens with one attached hydrogen (secondary N) is 1. The molecule has 1 saturated heterocycles. The Morgan fingerprint density at radius 2 is 1.70 bits per heavy atom. The van der Waals surface area contributed by atoms with Crippen LogP contribution in [-0.4, -0.2) is 43.0 Å². The number of ether oxygens (including phenoxy) is 2. The smallest absolute Gasteiger partial charge is 0.338 e. The summed E-state index contributed by atoms with van der Waals surface area (Å²) in [6.07, 6.45) is -0.231. The van der Waals surface area contributed by atoms with Crippen LogP contribution in [0.1, 0.15) is 49.2 Å². The first-order chi connectivity index (χ1) is 15.7. The minimum atomic E-state index is -0.664. The van der Waals surface area contributed by atoms with Crippen molar-refractivity contribution >= 4 is 29.4 Å². The Morgan fingerprint density at radius 3 is 2.33 bits per heavy atom. The van der Waals surface area contributed by atoms with Gasteiger partial charge in [0.05, 0.1) is 23.6 Å². The molecule has 8 nitrogen and oxygen atoms in total. The van der Waals surface area contributed by atoms with E-state index >= 15 is 0 Å². The van der Waals surface area contributed by atoms with Gasteiger partial charge in [0.1, 0.15) is 0 Å². The van der Waals surface area contributed by atoms with Crippen LogP contribution >= 0.6 is 0 Å². The first-order valence-corrected chi connectivity index (χ1v) is 10.9. The summed E-state index contributed by atoms with van der Waals surface area (Å²) in [6, 6.07) is 15.7. The van der Waals surface area contributed by atoms with Crippen molar-refractivity contribution in [1.29, 1.82) is 0 Å². The van der Waals surface area contributed by atoms with E-state index in [4.69, 9.17) is 9.47 Å². The Bertz CT molecular complexity index is 1000. The number of amides is 2. The van der Waals surface area contributed by atoms with Crippen molar-refractivity contribution in [3.8, 4) is 0 Å². The Labute approximate surface area is 192 Å². The summed E-state index contributed by atoms with van der Waals surface area (Å²) in [5, 5.41) is 2.78. The second-order valence-electron chi connectivity index (χ2n) is 8.21. The third-order valence-corrected chi connectivity index (χ3v) is 5.24. The van der Waals surface area contributed by atoms with Gasteiger partial charge in [0, 0.05) is 18.7 Å². The fourth-order valence-corrected chi connectivity index (χ4v) is 3.54. The molecule has 2 atom stereocenters. The normalized spacial score (nSPS) is 16.4. The molecule has 3 rings (SSSR count). The number of hydrogen-bond donors (Lipinski definition) is 1. The summed E-state index contributed by atoms with van der Waals surface area (Å²) in [5.74, 6) is -2.33. The maximum Gasteiger partial charge on any atom is 0.338 e. The van der Waals surface area contributed by atoms with E-state index in [0.717, 1.165) is 5.56 Å². The summed E-state index contributed by atoms with van der Waals surface area (Å²) >= 11 is 0. The van der Waals surface area contributed by atoms with Crippen molar-refractivity contribution in [2.75, 3.05) is 18.1 Å². The standard InChI is InChI=1S/C25H28N2O6/c1-16(2)33-25(31)19-9-11-21(12-10-19)27-14-20(13-23(27)29)24(30)32-15-22(28)26-17(3)18-7-5-4-6-8-18/h4-12,16-17,20H,13-15H2,1-3H3,(H,26,28)/t17-,20-/m1/s1. The van der Waals surface area contributed by atoms with Crippen LogP contribution in [0.25, 0.3) is 0 Å². The van der Waals surface area contributed by atoms with Gasteiger partial charge in [-0.2, -0.15) is 0 Å². The summed E-state index contributed by atoms with van der Waals surface area (Å²) in [6.45, 7) is 5.11. The molecule has 2 aromatic rings. The van der Waals surface area contributed by atoms with Gasteiger partial charge >= 0.3 is 11.9 Å². The number of benzene rings is 2. The highest BCUT2D eigenvalue weighted by Gasteiger charge is 2.36. The first kappa shape index (κ1) is 24.0. The summed E-state index contributed by atoms with van der Waals surface area (Å²) in [5.41, 5.74) is 1.90. The van der Waals surface area contributed by atoms with Crippen molar-refractivity contribution in [3.05, 3.63) is 65.7 Å². The third kappa shape index (κ3) is 6.41. The first-order valence-electron chi connectivity index (χ1n) is 10.9. The molecule has 8 heteroatoms. The Kier molecular flexibility index (Phi) is 7.82. The number of carbonyl (C=O) groups is 4. The highest BCUT2D eigenvalue weighted by Crippen LogP contribution is 2.26. The molecule has 174 valence electrons. The highest BCUT2D eigenvalue weighted by atomic mass is 16.5. The molecule has 0 radical (unpaired) electrons. The van der Waals surface area contributed by atoms with Crippen LogP contribution in [0.4, 0.5) is 5.69 Å². The second-order valence-corrected chi connectivity index (χ2v) is 8.21. The molecule has 0 aliphatic carbocycles. The lowest BCUT2D eigenvalue weighted by atomic mass is 10.1. The molecule has 0 aromatic heterocycles.